The van der Waals surface area contributed by atoms with Gasteiger partial charge in [0.1, 0.15) is 11.4 Å². The van der Waals surface area contributed by atoms with Crippen molar-refractivity contribution < 1.29 is 9.53 Å². The lowest BCUT2D eigenvalue weighted by atomic mass is 10.2. The number of pyridine rings is 1. The Kier molecular flexibility index (Phi) is 5.62. The summed E-state index contributed by atoms with van der Waals surface area (Å²) < 4.78 is 8.56. The molecule has 148 valence electrons. The zero-order valence-electron chi connectivity index (χ0n) is 16.5. The van der Waals surface area contributed by atoms with Crippen LogP contribution in [0, 0.1) is 6.92 Å². The predicted molar refractivity (Wildman–Crippen MR) is 117 cm³/mol. The van der Waals surface area contributed by atoms with Crippen LogP contribution in [-0.4, -0.2) is 29.1 Å². The lowest BCUT2D eigenvalue weighted by molar-refractivity contribution is 0.0945. The standard InChI is InChI=1S/C23H23N3O2S/c1-16-12-20-22(29-16)14-21(23(27)25-11-9-18-7-3-4-10-24-18)26(20)15-17-6-5-8-19(13-17)28-2/h3-8,10,12-14H,9,11,15H2,1-2H3,(H,25,27). The molecule has 0 aliphatic rings. The first-order chi connectivity index (χ1) is 14.1. The van der Waals surface area contributed by atoms with Gasteiger partial charge in [-0.1, -0.05) is 18.2 Å². The maximum absolute atomic E-state index is 12.9. The van der Waals surface area contributed by atoms with Crippen LogP contribution in [0.1, 0.15) is 26.6 Å². The number of hydrogen-bond donors (Lipinski definition) is 1. The Morgan fingerprint density at radius 2 is 2.07 bits per heavy atom. The Morgan fingerprint density at radius 1 is 1.17 bits per heavy atom. The number of fused-ring (bicyclic) bond motifs is 1. The van der Waals surface area contributed by atoms with E-state index in [1.165, 1.54) is 4.88 Å². The predicted octanol–water partition coefficient (Wildman–Crippen LogP) is 4.44. The lowest BCUT2D eigenvalue weighted by Gasteiger charge is -2.12. The molecule has 4 aromatic rings. The van der Waals surface area contributed by atoms with E-state index in [0.29, 0.717) is 25.2 Å². The Labute approximate surface area is 174 Å². The van der Waals surface area contributed by atoms with E-state index in [0.717, 1.165) is 27.2 Å². The second-order valence-corrected chi connectivity index (χ2v) is 8.19. The van der Waals surface area contributed by atoms with E-state index in [1.807, 2.05) is 42.5 Å². The summed E-state index contributed by atoms with van der Waals surface area (Å²) in [6.45, 7) is 3.25. The van der Waals surface area contributed by atoms with Crippen molar-refractivity contribution in [2.75, 3.05) is 13.7 Å². The summed E-state index contributed by atoms with van der Waals surface area (Å²) in [5.41, 5.74) is 3.82. The molecule has 0 saturated heterocycles. The van der Waals surface area contributed by atoms with Gasteiger partial charge in [0.05, 0.1) is 17.3 Å². The SMILES string of the molecule is COc1cccc(Cn2c(C(=O)NCCc3ccccn3)cc3sc(C)cc32)c1. The zero-order valence-corrected chi connectivity index (χ0v) is 17.3. The molecule has 5 nitrogen and oxygen atoms in total. The van der Waals surface area contributed by atoms with E-state index in [4.69, 9.17) is 4.74 Å². The van der Waals surface area contributed by atoms with Gasteiger partial charge in [0, 0.05) is 36.3 Å². The van der Waals surface area contributed by atoms with Gasteiger partial charge < -0.3 is 14.6 Å². The highest BCUT2D eigenvalue weighted by Gasteiger charge is 2.17. The van der Waals surface area contributed by atoms with Crippen molar-refractivity contribution in [2.24, 2.45) is 0 Å². The van der Waals surface area contributed by atoms with Gasteiger partial charge >= 0.3 is 0 Å². The molecular formula is C23H23N3O2S. The number of benzene rings is 1. The molecule has 0 radical (unpaired) electrons. The summed E-state index contributed by atoms with van der Waals surface area (Å²) in [5, 5.41) is 3.04. The van der Waals surface area contributed by atoms with Gasteiger partial charge in [-0.25, -0.2) is 0 Å². The van der Waals surface area contributed by atoms with E-state index >= 15 is 0 Å². The van der Waals surface area contributed by atoms with Crippen LogP contribution in [0.2, 0.25) is 0 Å². The topological polar surface area (TPSA) is 56.1 Å². The Morgan fingerprint density at radius 3 is 2.86 bits per heavy atom. The number of hydrogen-bond acceptors (Lipinski definition) is 4. The third-order valence-corrected chi connectivity index (χ3v) is 5.80. The van der Waals surface area contributed by atoms with Crippen LogP contribution < -0.4 is 10.1 Å². The van der Waals surface area contributed by atoms with Crippen molar-refractivity contribution in [3.8, 4) is 5.75 Å². The first-order valence-corrected chi connectivity index (χ1v) is 10.4. The molecule has 0 unspecified atom stereocenters. The first-order valence-electron chi connectivity index (χ1n) is 9.55. The fraction of sp³-hybridized carbons (Fsp3) is 0.217. The largest absolute Gasteiger partial charge is 0.497 e. The lowest BCUT2D eigenvalue weighted by Crippen LogP contribution is -2.28. The summed E-state index contributed by atoms with van der Waals surface area (Å²) in [7, 11) is 1.66. The third-order valence-electron chi connectivity index (χ3n) is 4.81. The maximum Gasteiger partial charge on any atom is 0.267 e. The van der Waals surface area contributed by atoms with Gasteiger partial charge in [-0.15, -0.1) is 11.3 Å². The Bertz CT molecular complexity index is 1130. The van der Waals surface area contributed by atoms with Crippen molar-refractivity contribution in [3.05, 3.63) is 82.6 Å². The number of methoxy groups -OCH3 is 1. The van der Waals surface area contributed by atoms with Crippen LogP contribution in [0.4, 0.5) is 0 Å². The molecule has 0 aliphatic heterocycles. The van der Waals surface area contributed by atoms with Crippen molar-refractivity contribution in [2.45, 2.75) is 19.9 Å². The van der Waals surface area contributed by atoms with Gasteiger partial charge in [0.25, 0.3) is 5.91 Å². The minimum absolute atomic E-state index is 0.0649. The Hall–Kier alpha value is -3.12. The van der Waals surface area contributed by atoms with E-state index in [9.17, 15) is 4.79 Å². The molecule has 0 aliphatic carbocycles. The Balaban J connectivity index is 1.57. The summed E-state index contributed by atoms with van der Waals surface area (Å²) in [4.78, 5) is 18.5. The number of carbonyl (C=O) groups is 1. The molecule has 3 heterocycles. The van der Waals surface area contributed by atoms with Gasteiger partial charge in [-0.05, 0) is 48.9 Å². The summed E-state index contributed by atoms with van der Waals surface area (Å²) in [6.07, 6.45) is 2.48. The van der Waals surface area contributed by atoms with E-state index in [2.05, 4.69) is 33.9 Å². The number of amides is 1. The number of nitrogens with one attached hydrogen (secondary N) is 1. The van der Waals surface area contributed by atoms with Crippen molar-refractivity contribution in [1.82, 2.24) is 14.9 Å². The monoisotopic (exact) mass is 405 g/mol. The van der Waals surface area contributed by atoms with Crippen LogP contribution in [-0.2, 0) is 13.0 Å². The molecule has 29 heavy (non-hydrogen) atoms. The second kappa shape index (κ2) is 8.49. The number of thiophene rings is 1. The average Bonchev–Trinajstić information content (AvgIpc) is 3.26. The first kappa shape index (κ1) is 19.2. The molecule has 1 amide bonds. The molecule has 0 spiro atoms. The van der Waals surface area contributed by atoms with Crippen LogP contribution in [0.25, 0.3) is 10.2 Å². The zero-order chi connectivity index (χ0) is 20.2. The molecule has 0 bridgehead atoms. The summed E-state index contributed by atoms with van der Waals surface area (Å²) in [6, 6.07) is 17.9. The van der Waals surface area contributed by atoms with Crippen LogP contribution in [0.3, 0.4) is 0 Å². The third kappa shape index (κ3) is 4.32. The number of carbonyl (C=O) groups excluding carboxylic acids is 1. The minimum atomic E-state index is -0.0649. The van der Waals surface area contributed by atoms with Crippen molar-refractivity contribution in [1.29, 1.82) is 0 Å². The molecule has 0 saturated carbocycles. The highest BCUT2D eigenvalue weighted by molar-refractivity contribution is 7.19. The minimum Gasteiger partial charge on any atom is -0.497 e. The summed E-state index contributed by atoms with van der Waals surface area (Å²) in [5.74, 6) is 0.749. The van der Waals surface area contributed by atoms with Gasteiger partial charge in [0.2, 0.25) is 0 Å². The van der Waals surface area contributed by atoms with E-state index in [1.54, 1.807) is 24.6 Å². The molecule has 1 N–H and O–H groups in total. The second-order valence-electron chi connectivity index (χ2n) is 6.90. The molecule has 0 atom stereocenters. The molecule has 3 aromatic heterocycles. The van der Waals surface area contributed by atoms with Crippen LogP contribution in [0.5, 0.6) is 5.75 Å². The fourth-order valence-corrected chi connectivity index (χ4v) is 4.38. The smallest absolute Gasteiger partial charge is 0.267 e. The number of aryl methyl sites for hydroxylation is 1. The fourth-order valence-electron chi connectivity index (χ4n) is 3.42. The van der Waals surface area contributed by atoms with Gasteiger partial charge in [-0.2, -0.15) is 0 Å². The van der Waals surface area contributed by atoms with E-state index in [-0.39, 0.29) is 5.91 Å². The quantitative estimate of drug-likeness (QED) is 0.495. The average molecular weight is 406 g/mol. The van der Waals surface area contributed by atoms with Gasteiger partial charge in [0.15, 0.2) is 0 Å². The summed E-state index contributed by atoms with van der Waals surface area (Å²) >= 11 is 1.71. The van der Waals surface area contributed by atoms with Gasteiger partial charge in [-0.3, -0.25) is 9.78 Å². The number of aromatic nitrogens is 2. The van der Waals surface area contributed by atoms with Crippen LogP contribution in [0.15, 0.2) is 60.8 Å². The van der Waals surface area contributed by atoms with Crippen molar-refractivity contribution >= 4 is 27.5 Å². The maximum atomic E-state index is 12.9. The van der Waals surface area contributed by atoms with E-state index < -0.39 is 0 Å². The molecule has 6 heteroatoms. The number of rotatable bonds is 7. The number of ether oxygens (including phenoxy) is 1. The number of nitrogens with zero attached hydrogens (tertiary/aromatic N) is 2. The highest BCUT2D eigenvalue weighted by atomic mass is 32.1. The molecule has 1 aromatic carbocycles. The molecular weight excluding hydrogens is 382 g/mol. The van der Waals surface area contributed by atoms with Crippen molar-refractivity contribution in [3.63, 3.8) is 0 Å². The van der Waals surface area contributed by atoms with Crippen LogP contribution >= 0.6 is 11.3 Å². The highest BCUT2D eigenvalue weighted by Crippen LogP contribution is 2.29. The molecule has 4 rings (SSSR count). The molecule has 0 fully saturated rings. The normalized spacial score (nSPS) is 11.0.